The van der Waals surface area contributed by atoms with Gasteiger partial charge in [-0.1, -0.05) is 25.1 Å². The first-order chi connectivity index (χ1) is 23.6. The third-order valence-corrected chi connectivity index (χ3v) is 10.8. The third-order valence-electron chi connectivity index (χ3n) is 8.45. The van der Waals surface area contributed by atoms with Gasteiger partial charge in [0.1, 0.15) is 28.4 Å². The summed E-state index contributed by atoms with van der Waals surface area (Å²) in [7, 11) is -2.60. The SMILES string of the molecule is CC(=O)O.Cc1cc2ccc1[C@@H](C)COC(=O)Nc1cc(F)c(S(=O)(=O)C3CC3)c(c1)CN(C)C(=O)[C@@H]2Nc1cc2ccnc(N)c2cc1F. The van der Waals surface area contributed by atoms with Crippen LogP contribution in [0, 0.1) is 18.6 Å². The van der Waals surface area contributed by atoms with E-state index < -0.39 is 55.6 Å². The van der Waals surface area contributed by atoms with Gasteiger partial charge >= 0.3 is 6.09 Å². The number of hydrogen-bond donors (Lipinski definition) is 4. The number of hydrogen-bond acceptors (Lipinski definition) is 9. The number of pyridine rings is 1. The van der Waals surface area contributed by atoms with E-state index >= 15 is 8.78 Å². The molecule has 4 aromatic rings. The summed E-state index contributed by atoms with van der Waals surface area (Å²) < 4.78 is 63.2. The summed E-state index contributed by atoms with van der Waals surface area (Å²) in [5.74, 6) is -3.14. The van der Waals surface area contributed by atoms with Crippen LogP contribution in [0.3, 0.4) is 0 Å². The molecule has 2 amide bonds. The van der Waals surface area contributed by atoms with E-state index in [2.05, 4.69) is 15.6 Å². The van der Waals surface area contributed by atoms with Crippen LogP contribution >= 0.6 is 0 Å². The Morgan fingerprint density at radius 2 is 1.80 bits per heavy atom. The molecule has 15 heteroatoms. The van der Waals surface area contributed by atoms with Crippen molar-refractivity contribution in [3.05, 3.63) is 88.6 Å². The Morgan fingerprint density at radius 1 is 1.10 bits per heavy atom. The topological polar surface area (TPSA) is 181 Å². The van der Waals surface area contributed by atoms with Gasteiger partial charge < -0.3 is 25.8 Å². The minimum absolute atomic E-state index is 0.000855. The summed E-state index contributed by atoms with van der Waals surface area (Å²) in [6.07, 6.45) is 1.47. The van der Waals surface area contributed by atoms with E-state index in [-0.39, 0.29) is 41.8 Å². The molecule has 4 bridgehead atoms. The molecule has 1 saturated carbocycles. The number of aromatic nitrogens is 1. The van der Waals surface area contributed by atoms with Crippen molar-refractivity contribution >= 4 is 55.8 Å². The highest BCUT2D eigenvalue weighted by molar-refractivity contribution is 7.92. The van der Waals surface area contributed by atoms with Gasteiger partial charge in [0.05, 0.1) is 17.5 Å². The molecule has 1 aliphatic carbocycles. The first-order valence-corrected chi connectivity index (χ1v) is 17.3. The number of fused-ring (bicyclic) bond motifs is 10. The Bertz CT molecular complexity index is 2100. The molecule has 0 saturated heterocycles. The molecule has 1 fully saturated rings. The number of rotatable bonds is 4. The van der Waals surface area contributed by atoms with E-state index in [9.17, 15) is 18.0 Å². The lowest BCUT2D eigenvalue weighted by Crippen LogP contribution is -2.36. The molecule has 3 heterocycles. The number of carbonyl (C=O) groups is 3. The molecule has 3 aromatic carbocycles. The lowest BCUT2D eigenvalue weighted by atomic mass is 9.93. The second kappa shape index (κ2) is 14.3. The van der Waals surface area contributed by atoms with Gasteiger partial charge in [0.2, 0.25) is 5.91 Å². The van der Waals surface area contributed by atoms with Crippen molar-refractivity contribution in [2.45, 2.75) is 62.3 Å². The summed E-state index contributed by atoms with van der Waals surface area (Å²) in [5, 5.41) is 13.3. The molecule has 2 aliphatic heterocycles. The quantitative estimate of drug-likeness (QED) is 0.199. The number of likely N-dealkylation sites (N-methyl/N-ethyl adjacent to an activating group) is 1. The highest BCUT2D eigenvalue weighted by Gasteiger charge is 2.40. The molecule has 2 atom stereocenters. The van der Waals surface area contributed by atoms with Gasteiger partial charge in [-0.25, -0.2) is 27.0 Å². The minimum atomic E-state index is -4.05. The molecule has 0 radical (unpaired) electrons. The highest BCUT2D eigenvalue weighted by Crippen LogP contribution is 2.38. The molecule has 50 heavy (non-hydrogen) atoms. The Kier molecular flexibility index (Phi) is 10.3. The molecule has 3 aliphatic rings. The fourth-order valence-electron chi connectivity index (χ4n) is 5.90. The maximum atomic E-state index is 15.6. The summed E-state index contributed by atoms with van der Waals surface area (Å²) >= 11 is 0. The van der Waals surface area contributed by atoms with Gasteiger partial charge in [0, 0.05) is 43.7 Å². The van der Waals surface area contributed by atoms with Gasteiger partial charge in [-0.15, -0.1) is 0 Å². The number of aryl methyl sites for hydroxylation is 1. The number of benzene rings is 3. The van der Waals surface area contributed by atoms with Crippen LogP contribution in [0.4, 0.5) is 30.8 Å². The number of nitrogens with zero attached hydrogens (tertiary/aromatic N) is 2. The molecule has 1 aromatic heterocycles. The van der Waals surface area contributed by atoms with E-state index in [0.29, 0.717) is 29.2 Å². The number of ether oxygens (including phenoxy) is 1. The molecular weight excluding hydrogens is 672 g/mol. The van der Waals surface area contributed by atoms with Crippen molar-refractivity contribution in [2.24, 2.45) is 0 Å². The van der Waals surface area contributed by atoms with Gasteiger partial charge in [0.25, 0.3) is 5.97 Å². The fraction of sp³-hybridized carbons (Fsp3) is 0.314. The van der Waals surface area contributed by atoms with E-state index in [4.69, 9.17) is 20.4 Å². The first-order valence-electron chi connectivity index (χ1n) is 15.7. The number of halogens is 2. The molecular formula is C35H37F2N5O7S. The van der Waals surface area contributed by atoms with Crippen LogP contribution in [0.2, 0.25) is 0 Å². The van der Waals surface area contributed by atoms with Crippen molar-refractivity contribution in [3.63, 3.8) is 0 Å². The second-order valence-corrected chi connectivity index (χ2v) is 14.6. The van der Waals surface area contributed by atoms with Crippen LogP contribution < -0.4 is 16.4 Å². The Morgan fingerprint density at radius 3 is 2.46 bits per heavy atom. The average Bonchev–Trinajstić information content (AvgIpc) is 3.89. The number of nitrogens with two attached hydrogens (primary N) is 1. The van der Waals surface area contributed by atoms with E-state index in [1.165, 1.54) is 36.3 Å². The standard InChI is InChI=1S/C33H33F2N5O5S.C2H4O2/c1-17-10-20-4-7-24(17)18(2)16-45-33(42)38-22-11-21(30(27(35)13-22)46(43,44)23-5-6-23)15-40(3)32(41)29(20)39-28-12-19-8-9-37-31(36)25(19)14-26(28)34;1-2(3)4/h4,7-14,18,23,29,39H,5-6,15-16H2,1-3H3,(H2,36,37)(H,38,42);1H3,(H,3,4)/t18-,29+;/m0./s1. The van der Waals surface area contributed by atoms with Gasteiger partial charge in [-0.2, -0.15) is 0 Å². The van der Waals surface area contributed by atoms with Gasteiger partial charge in [0.15, 0.2) is 9.84 Å². The lowest BCUT2D eigenvalue weighted by molar-refractivity contribution is -0.134. The largest absolute Gasteiger partial charge is 0.481 e. The molecule has 0 unspecified atom stereocenters. The van der Waals surface area contributed by atoms with Crippen molar-refractivity contribution in [3.8, 4) is 0 Å². The number of nitrogens with one attached hydrogen (secondary N) is 2. The van der Waals surface area contributed by atoms with Crippen LogP contribution in [0.25, 0.3) is 10.8 Å². The number of aliphatic carboxylic acids is 1. The average molecular weight is 710 g/mol. The number of anilines is 3. The number of amides is 2. The summed E-state index contributed by atoms with van der Waals surface area (Å²) in [4.78, 5) is 40.7. The van der Waals surface area contributed by atoms with Crippen LogP contribution in [-0.4, -0.2) is 60.3 Å². The molecule has 12 nitrogen and oxygen atoms in total. The molecule has 7 rings (SSSR count). The highest BCUT2D eigenvalue weighted by atomic mass is 32.2. The van der Waals surface area contributed by atoms with Crippen LogP contribution in [0.1, 0.15) is 60.9 Å². The van der Waals surface area contributed by atoms with Crippen LogP contribution in [-0.2, 0) is 30.7 Å². The van der Waals surface area contributed by atoms with Gasteiger partial charge in [-0.3, -0.25) is 14.9 Å². The van der Waals surface area contributed by atoms with Crippen LogP contribution in [0.15, 0.2) is 59.6 Å². The number of carbonyl (C=O) groups excluding carboxylic acids is 2. The second-order valence-electron chi connectivity index (χ2n) is 12.5. The molecule has 5 N–H and O–H groups in total. The zero-order valence-corrected chi connectivity index (χ0v) is 28.6. The summed E-state index contributed by atoms with van der Waals surface area (Å²) in [6, 6.07) is 11.0. The normalized spacial score (nSPS) is 18.2. The predicted octanol–water partition coefficient (Wildman–Crippen LogP) is 5.91. The monoisotopic (exact) mass is 709 g/mol. The van der Waals surface area contributed by atoms with E-state index in [0.717, 1.165) is 24.1 Å². The maximum Gasteiger partial charge on any atom is 0.411 e. The molecule has 264 valence electrons. The number of carboxylic acid groups (broad SMARTS) is 1. The summed E-state index contributed by atoms with van der Waals surface area (Å²) in [6.45, 7) is 4.49. The molecule has 0 spiro atoms. The zero-order chi connectivity index (χ0) is 36.5. The van der Waals surface area contributed by atoms with Gasteiger partial charge in [-0.05, 0) is 77.7 Å². The lowest BCUT2D eigenvalue weighted by Gasteiger charge is -2.28. The van der Waals surface area contributed by atoms with Crippen molar-refractivity contribution in [1.82, 2.24) is 9.88 Å². The Hall–Kier alpha value is -5.31. The Labute approximate surface area is 287 Å². The van der Waals surface area contributed by atoms with Crippen molar-refractivity contribution < 1.29 is 41.4 Å². The fourth-order valence-corrected chi connectivity index (χ4v) is 7.81. The predicted molar refractivity (Wildman–Crippen MR) is 183 cm³/mol. The van der Waals surface area contributed by atoms with Crippen molar-refractivity contribution in [2.75, 3.05) is 30.0 Å². The zero-order valence-electron chi connectivity index (χ0n) is 27.8. The Balaban J connectivity index is 0.00000115. The smallest absolute Gasteiger partial charge is 0.411 e. The third kappa shape index (κ3) is 7.77. The number of nitrogen functional groups attached to an aromatic ring is 1. The van der Waals surface area contributed by atoms with E-state index in [1.807, 2.05) is 19.9 Å². The minimum Gasteiger partial charge on any atom is -0.481 e. The number of sulfone groups is 1. The van der Waals surface area contributed by atoms with Crippen LogP contribution in [0.5, 0.6) is 0 Å². The summed E-state index contributed by atoms with van der Waals surface area (Å²) in [5.41, 5.74) is 8.14. The maximum absolute atomic E-state index is 15.6. The van der Waals surface area contributed by atoms with E-state index in [1.54, 1.807) is 18.2 Å². The first kappa shape index (κ1) is 36.0. The number of carboxylic acids is 1. The van der Waals surface area contributed by atoms with Crippen molar-refractivity contribution in [1.29, 1.82) is 0 Å².